The van der Waals surface area contributed by atoms with Crippen LogP contribution in [0.1, 0.15) is 25.1 Å². The minimum atomic E-state index is 0.542. The summed E-state index contributed by atoms with van der Waals surface area (Å²) in [5, 5.41) is 8.98. The summed E-state index contributed by atoms with van der Waals surface area (Å²) < 4.78 is 2.29. The summed E-state index contributed by atoms with van der Waals surface area (Å²) >= 11 is 5.08. The quantitative estimate of drug-likeness (QED) is 0.516. The number of para-hydroxylation sites is 1. The van der Waals surface area contributed by atoms with Crippen LogP contribution in [0.5, 0.6) is 0 Å². The largest absolute Gasteiger partial charge is 0.362 e. The van der Waals surface area contributed by atoms with Crippen LogP contribution in [0.3, 0.4) is 0 Å². The molecule has 106 valence electrons. The van der Waals surface area contributed by atoms with E-state index in [9.17, 15) is 0 Å². The Balaban J connectivity index is 2.32. The van der Waals surface area contributed by atoms with Crippen LogP contribution in [-0.2, 0) is 6.54 Å². The Morgan fingerprint density at radius 1 is 1.35 bits per heavy atom. The van der Waals surface area contributed by atoms with Crippen LogP contribution in [0.15, 0.2) is 29.4 Å². The zero-order chi connectivity index (χ0) is 14.5. The van der Waals surface area contributed by atoms with Gasteiger partial charge in [-0.3, -0.25) is 5.43 Å². The average Bonchev–Trinajstić information content (AvgIpc) is 2.71. The molecule has 1 heterocycles. The van der Waals surface area contributed by atoms with Gasteiger partial charge in [0.2, 0.25) is 0 Å². The summed E-state index contributed by atoms with van der Waals surface area (Å²) in [6.45, 7) is 8.00. The molecule has 1 aromatic heterocycles. The number of aromatic nitrogens is 1. The second-order valence-corrected chi connectivity index (χ2v) is 4.90. The lowest BCUT2D eigenvalue weighted by molar-refractivity contribution is 0.769. The van der Waals surface area contributed by atoms with Crippen molar-refractivity contribution in [1.82, 2.24) is 15.3 Å². The molecule has 0 aliphatic carbocycles. The summed E-state index contributed by atoms with van der Waals surface area (Å²) in [7, 11) is 0. The smallest absolute Gasteiger partial charge is 0.186 e. The molecule has 0 amide bonds. The van der Waals surface area contributed by atoms with Gasteiger partial charge in [-0.15, -0.1) is 0 Å². The van der Waals surface area contributed by atoms with Gasteiger partial charge < -0.3 is 9.88 Å². The lowest BCUT2D eigenvalue weighted by Crippen LogP contribution is -2.31. The topological polar surface area (TPSA) is 41.4 Å². The van der Waals surface area contributed by atoms with E-state index in [2.05, 4.69) is 58.5 Å². The number of benzene rings is 1. The molecule has 0 saturated carbocycles. The third-order valence-electron chi connectivity index (χ3n) is 3.29. The van der Waals surface area contributed by atoms with Gasteiger partial charge in [-0.05, 0) is 39.1 Å². The minimum Gasteiger partial charge on any atom is -0.362 e. The first-order valence-corrected chi connectivity index (χ1v) is 7.24. The molecular formula is C15H20N4S. The van der Waals surface area contributed by atoms with Gasteiger partial charge in [0.25, 0.3) is 0 Å². The van der Waals surface area contributed by atoms with Crippen LogP contribution in [0.25, 0.3) is 10.9 Å². The number of hydrogen-bond donors (Lipinski definition) is 2. The van der Waals surface area contributed by atoms with Crippen LogP contribution < -0.4 is 10.7 Å². The maximum atomic E-state index is 5.08. The van der Waals surface area contributed by atoms with Crippen LogP contribution >= 0.6 is 12.2 Å². The predicted molar refractivity (Wildman–Crippen MR) is 89.4 cm³/mol. The van der Waals surface area contributed by atoms with Gasteiger partial charge in [0, 0.05) is 35.2 Å². The van der Waals surface area contributed by atoms with E-state index in [1.807, 2.05) is 13.1 Å². The highest BCUT2D eigenvalue weighted by Gasteiger charge is 2.10. The molecule has 0 radical (unpaired) electrons. The number of fused-ring (bicyclic) bond motifs is 1. The molecule has 0 atom stereocenters. The standard InChI is InChI=1S/C15H20N4S/c1-4-16-15(20)18-17-10-13-11(3)19(5-2)14-9-7-6-8-12(13)14/h6-10H,4-5H2,1-3H3,(H2,16,18,20)/b17-10+. The predicted octanol–water partition coefficient (Wildman–Crippen LogP) is 2.79. The first kappa shape index (κ1) is 14.5. The van der Waals surface area contributed by atoms with Crippen molar-refractivity contribution in [3.05, 3.63) is 35.5 Å². The summed E-state index contributed by atoms with van der Waals surface area (Å²) in [4.78, 5) is 0. The van der Waals surface area contributed by atoms with E-state index >= 15 is 0 Å². The van der Waals surface area contributed by atoms with Crippen molar-refractivity contribution in [3.63, 3.8) is 0 Å². The molecule has 4 nitrogen and oxygen atoms in total. The van der Waals surface area contributed by atoms with Gasteiger partial charge in [-0.25, -0.2) is 0 Å². The highest BCUT2D eigenvalue weighted by Crippen LogP contribution is 2.24. The fourth-order valence-electron chi connectivity index (χ4n) is 2.38. The highest BCUT2D eigenvalue weighted by molar-refractivity contribution is 7.80. The molecule has 0 unspecified atom stereocenters. The molecular weight excluding hydrogens is 268 g/mol. The Labute approximate surface area is 124 Å². The Morgan fingerprint density at radius 3 is 2.80 bits per heavy atom. The molecule has 0 aliphatic heterocycles. The van der Waals surface area contributed by atoms with Crippen molar-refractivity contribution in [2.24, 2.45) is 5.10 Å². The zero-order valence-corrected chi connectivity index (χ0v) is 12.9. The number of hydrazone groups is 1. The van der Waals surface area contributed by atoms with Gasteiger partial charge in [0.05, 0.1) is 6.21 Å². The van der Waals surface area contributed by atoms with E-state index in [0.717, 1.165) is 18.7 Å². The summed E-state index contributed by atoms with van der Waals surface area (Å²) in [6, 6.07) is 8.38. The zero-order valence-electron chi connectivity index (χ0n) is 12.1. The van der Waals surface area contributed by atoms with Crippen molar-refractivity contribution in [1.29, 1.82) is 0 Å². The molecule has 2 N–H and O–H groups in total. The number of thiocarbonyl (C=S) groups is 1. The Hall–Kier alpha value is -1.88. The van der Waals surface area contributed by atoms with Crippen molar-refractivity contribution >= 4 is 34.4 Å². The van der Waals surface area contributed by atoms with Crippen molar-refractivity contribution in [2.75, 3.05) is 6.54 Å². The Bertz CT molecular complexity index is 643. The molecule has 2 aromatic rings. The first-order valence-electron chi connectivity index (χ1n) is 6.83. The summed E-state index contributed by atoms with van der Waals surface area (Å²) in [6.07, 6.45) is 1.84. The van der Waals surface area contributed by atoms with Crippen molar-refractivity contribution in [3.8, 4) is 0 Å². The highest BCUT2D eigenvalue weighted by atomic mass is 32.1. The molecule has 0 aliphatic rings. The number of aryl methyl sites for hydroxylation is 1. The molecule has 20 heavy (non-hydrogen) atoms. The molecule has 0 saturated heterocycles. The van der Waals surface area contributed by atoms with Crippen LogP contribution in [0.4, 0.5) is 0 Å². The number of hydrogen-bond acceptors (Lipinski definition) is 2. The van der Waals surface area contributed by atoms with E-state index in [0.29, 0.717) is 5.11 Å². The fourth-order valence-corrected chi connectivity index (χ4v) is 2.58. The second-order valence-electron chi connectivity index (χ2n) is 4.49. The van der Waals surface area contributed by atoms with Gasteiger partial charge in [-0.2, -0.15) is 5.10 Å². The lowest BCUT2D eigenvalue weighted by atomic mass is 10.1. The maximum absolute atomic E-state index is 5.08. The summed E-state index contributed by atoms with van der Waals surface area (Å²) in [5.74, 6) is 0. The first-order chi connectivity index (χ1) is 9.69. The summed E-state index contributed by atoms with van der Waals surface area (Å²) in [5.41, 5.74) is 6.42. The van der Waals surface area contributed by atoms with Crippen molar-refractivity contribution < 1.29 is 0 Å². The second kappa shape index (κ2) is 6.52. The molecule has 0 fully saturated rings. The fraction of sp³-hybridized carbons (Fsp3) is 0.333. The SMILES string of the molecule is CCNC(=S)N/N=C/c1c(C)n(CC)c2ccccc12. The minimum absolute atomic E-state index is 0.542. The monoisotopic (exact) mass is 288 g/mol. The van der Waals surface area contributed by atoms with Gasteiger partial charge in [0.15, 0.2) is 5.11 Å². The van der Waals surface area contributed by atoms with Crippen LogP contribution in [0, 0.1) is 6.92 Å². The van der Waals surface area contributed by atoms with Crippen LogP contribution in [-0.4, -0.2) is 22.4 Å². The molecule has 0 bridgehead atoms. The van der Waals surface area contributed by atoms with E-state index in [-0.39, 0.29) is 0 Å². The average molecular weight is 288 g/mol. The number of nitrogens with one attached hydrogen (secondary N) is 2. The van der Waals surface area contributed by atoms with Crippen molar-refractivity contribution in [2.45, 2.75) is 27.3 Å². The number of nitrogens with zero attached hydrogens (tertiary/aromatic N) is 2. The van der Waals surface area contributed by atoms with E-state index in [1.54, 1.807) is 0 Å². The molecule has 1 aromatic carbocycles. The van der Waals surface area contributed by atoms with Crippen LogP contribution in [0.2, 0.25) is 0 Å². The van der Waals surface area contributed by atoms with E-state index < -0.39 is 0 Å². The van der Waals surface area contributed by atoms with Gasteiger partial charge in [-0.1, -0.05) is 18.2 Å². The maximum Gasteiger partial charge on any atom is 0.186 e. The number of rotatable bonds is 4. The Kier molecular flexibility index (Phi) is 4.74. The van der Waals surface area contributed by atoms with E-state index in [4.69, 9.17) is 12.2 Å². The third-order valence-corrected chi connectivity index (χ3v) is 3.53. The van der Waals surface area contributed by atoms with E-state index in [1.165, 1.54) is 16.6 Å². The normalized spacial score (nSPS) is 11.2. The van der Waals surface area contributed by atoms with Gasteiger partial charge in [0.1, 0.15) is 0 Å². The third kappa shape index (κ3) is 2.82. The van der Waals surface area contributed by atoms with Gasteiger partial charge >= 0.3 is 0 Å². The lowest BCUT2D eigenvalue weighted by Gasteiger charge is -2.04. The molecule has 0 spiro atoms. The molecule has 2 rings (SSSR count). The Morgan fingerprint density at radius 2 is 2.10 bits per heavy atom. The molecule has 5 heteroatoms.